The predicted molar refractivity (Wildman–Crippen MR) is 106 cm³/mol. The molecule has 0 heterocycles. The molecule has 29 heavy (non-hydrogen) atoms. The normalized spacial score (nSPS) is 11.6. The second-order valence-electron chi connectivity index (χ2n) is 6.26. The van der Waals surface area contributed by atoms with Crippen LogP contribution in [0.15, 0.2) is 54.6 Å². The monoisotopic (exact) mass is 397 g/mol. The second kappa shape index (κ2) is 11.4. The molecule has 2 aromatic carbocycles. The number of carbonyl (C=O) groups excluding carboxylic acids is 2. The van der Waals surface area contributed by atoms with E-state index in [0.717, 1.165) is 23.8 Å². The van der Waals surface area contributed by atoms with Crippen molar-refractivity contribution in [1.82, 2.24) is 5.32 Å². The van der Waals surface area contributed by atoms with Gasteiger partial charge in [0.25, 0.3) is 0 Å². The van der Waals surface area contributed by atoms with Crippen molar-refractivity contribution in [3.63, 3.8) is 0 Å². The van der Waals surface area contributed by atoms with Gasteiger partial charge in [-0.1, -0.05) is 30.3 Å². The number of hydrogen-bond acceptors (Lipinski definition) is 3. The Kier molecular flexibility index (Phi) is 8.58. The molecular formula is C23H21F2NO3. The minimum atomic E-state index is -1.10. The van der Waals surface area contributed by atoms with Crippen LogP contribution in [0, 0.1) is 24.0 Å². The quantitative estimate of drug-likeness (QED) is 0.304. The van der Waals surface area contributed by atoms with Gasteiger partial charge in [-0.2, -0.15) is 0 Å². The molecule has 0 saturated carbocycles. The highest BCUT2D eigenvalue weighted by Gasteiger charge is 2.22. The van der Waals surface area contributed by atoms with E-state index >= 15 is 0 Å². The van der Waals surface area contributed by atoms with E-state index in [0.29, 0.717) is 12.8 Å². The summed E-state index contributed by atoms with van der Waals surface area (Å²) in [5.41, 5.74) is 1.03. The lowest BCUT2D eigenvalue weighted by Gasteiger charge is -2.17. The number of carbonyl (C=O) groups is 2. The lowest BCUT2D eigenvalue weighted by molar-refractivity contribution is -0.147. The van der Waals surface area contributed by atoms with Crippen molar-refractivity contribution in [1.29, 1.82) is 0 Å². The highest BCUT2D eigenvalue weighted by Crippen LogP contribution is 2.11. The molecule has 150 valence electrons. The van der Waals surface area contributed by atoms with Gasteiger partial charge in [0, 0.05) is 25.0 Å². The van der Waals surface area contributed by atoms with Gasteiger partial charge in [-0.3, -0.25) is 4.79 Å². The molecule has 0 bridgehead atoms. The molecule has 0 saturated heterocycles. The van der Waals surface area contributed by atoms with Gasteiger partial charge in [0.2, 0.25) is 5.91 Å². The van der Waals surface area contributed by atoms with E-state index in [9.17, 15) is 18.4 Å². The van der Waals surface area contributed by atoms with Crippen LogP contribution in [0.3, 0.4) is 0 Å². The average Bonchev–Trinajstić information content (AvgIpc) is 2.69. The fourth-order valence-electron chi connectivity index (χ4n) is 2.56. The Hall–Kier alpha value is -3.46. The number of hydrogen-bond donors (Lipinski definition) is 1. The number of amides is 1. The van der Waals surface area contributed by atoms with Gasteiger partial charge in [-0.15, -0.1) is 12.3 Å². The Morgan fingerprint density at radius 2 is 1.83 bits per heavy atom. The maximum Gasteiger partial charge on any atom is 0.328 e. The first-order chi connectivity index (χ1) is 14.0. The molecule has 0 unspecified atom stereocenters. The molecule has 4 nitrogen and oxygen atoms in total. The van der Waals surface area contributed by atoms with Crippen molar-refractivity contribution in [2.45, 2.75) is 25.3 Å². The number of rotatable bonds is 9. The highest BCUT2D eigenvalue weighted by molar-refractivity contribution is 5.94. The Balaban J connectivity index is 2.08. The molecule has 1 atom stereocenters. The third-order valence-corrected chi connectivity index (χ3v) is 3.90. The summed E-state index contributed by atoms with van der Waals surface area (Å²) < 4.78 is 32.1. The number of nitrogens with one attached hydrogen (secondary N) is 1. The van der Waals surface area contributed by atoms with Crippen LogP contribution in [0.5, 0.6) is 0 Å². The summed E-state index contributed by atoms with van der Waals surface area (Å²) in [6.45, 7) is 0.0900. The fourth-order valence-corrected chi connectivity index (χ4v) is 2.56. The van der Waals surface area contributed by atoms with Crippen LogP contribution in [0.4, 0.5) is 8.78 Å². The second-order valence-corrected chi connectivity index (χ2v) is 6.26. The maximum absolute atomic E-state index is 13.5. The molecule has 2 rings (SSSR count). The molecule has 0 fully saturated rings. The first-order valence-electron chi connectivity index (χ1n) is 9.06. The molecular weight excluding hydrogens is 376 g/mol. The minimum Gasteiger partial charge on any atom is -0.464 e. The van der Waals surface area contributed by atoms with E-state index in [2.05, 4.69) is 11.2 Å². The lowest BCUT2D eigenvalue weighted by atomic mass is 10.1. The number of halogens is 2. The zero-order chi connectivity index (χ0) is 21.1. The minimum absolute atomic E-state index is 0.0900. The first kappa shape index (κ1) is 21.8. The van der Waals surface area contributed by atoms with Crippen LogP contribution in [0.1, 0.15) is 24.0 Å². The summed E-state index contributed by atoms with van der Waals surface area (Å²) in [6.07, 6.45) is 8.83. The molecule has 1 N–H and O–H groups in total. The van der Waals surface area contributed by atoms with Gasteiger partial charge in [0.15, 0.2) is 0 Å². The number of ether oxygens (including phenoxy) is 1. The van der Waals surface area contributed by atoms with Gasteiger partial charge in [-0.05, 0) is 35.8 Å². The number of esters is 1. The summed E-state index contributed by atoms with van der Waals surface area (Å²) in [5, 5.41) is 2.53. The van der Waals surface area contributed by atoms with Gasteiger partial charge in [0.1, 0.15) is 17.7 Å². The van der Waals surface area contributed by atoms with Crippen LogP contribution in [0.25, 0.3) is 6.08 Å². The Morgan fingerprint density at radius 3 is 2.48 bits per heavy atom. The van der Waals surface area contributed by atoms with E-state index in [1.807, 2.05) is 30.3 Å². The van der Waals surface area contributed by atoms with Crippen molar-refractivity contribution >= 4 is 18.0 Å². The largest absolute Gasteiger partial charge is 0.464 e. The Morgan fingerprint density at radius 1 is 1.14 bits per heavy atom. The number of benzene rings is 2. The molecule has 0 aliphatic rings. The number of terminal acetylenes is 1. The molecule has 1 amide bonds. The summed E-state index contributed by atoms with van der Waals surface area (Å²) in [5.74, 6) is -0.332. The standard InChI is InChI=1S/C23H21F2NO3/c1-2-3-7-12-29-23(28)21(15-18-13-19(24)16-20(25)14-18)26-22(27)11-10-17-8-5-4-6-9-17/h1,4-6,8-11,13-14,16,21H,3,7,12,15H2,(H,26,27)/b11-10+/t21-/m0/s1. The third kappa shape index (κ3) is 7.97. The van der Waals surface area contributed by atoms with Crippen molar-refractivity contribution in [3.8, 4) is 12.3 Å². The maximum atomic E-state index is 13.5. The lowest BCUT2D eigenvalue weighted by Crippen LogP contribution is -2.42. The van der Waals surface area contributed by atoms with E-state index in [-0.39, 0.29) is 18.6 Å². The molecule has 0 radical (unpaired) electrons. The smallest absolute Gasteiger partial charge is 0.328 e. The summed E-state index contributed by atoms with van der Waals surface area (Å²) in [7, 11) is 0. The Labute approximate surface area is 168 Å². The molecule has 0 aliphatic heterocycles. The summed E-state index contributed by atoms with van der Waals surface area (Å²) in [6, 6.07) is 11.0. The van der Waals surface area contributed by atoms with E-state index in [4.69, 9.17) is 11.2 Å². The van der Waals surface area contributed by atoms with E-state index < -0.39 is 29.6 Å². The van der Waals surface area contributed by atoms with Crippen LogP contribution in [-0.2, 0) is 20.7 Å². The first-order valence-corrected chi connectivity index (χ1v) is 9.06. The van der Waals surface area contributed by atoms with Crippen molar-refractivity contribution in [3.05, 3.63) is 77.4 Å². The third-order valence-electron chi connectivity index (χ3n) is 3.90. The average molecular weight is 397 g/mol. The van der Waals surface area contributed by atoms with Crippen LogP contribution in [-0.4, -0.2) is 24.5 Å². The van der Waals surface area contributed by atoms with Gasteiger partial charge in [-0.25, -0.2) is 13.6 Å². The number of unbranched alkanes of at least 4 members (excludes halogenated alkanes) is 1. The molecule has 2 aromatic rings. The van der Waals surface area contributed by atoms with Gasteiger partial charge >= 0.3 is 5.97 Å². The molecule has 6 heteroatoms. The van der Waals surface area contributed by atoms with Crippen LogP contribution in [0.2, 0.25) is 0 Å². The summed E-state index contributed by atoms with van der Waals surface area (Å²) in [4.78, 5) is 24.6. The van der Waals surface area contributed by atoms with Gasteiger partial charge < -0.3 is 10.1 Å². The van der Waals surface area contributed by atoms with Crippen molar-refractivity contribution in [2.24, 2.45) is 0 Å². The summed E-state index contributed by atoms with van der Waals surface area (Å²) >= 11 is 0. The fraction of sp³-hybridized carbons (Fsp3) is 0.217. The zero-order valence-electron chi connectivity index (χ0n) is 15.7. The highest BCUT2D eigenvalue weighted by atomic mass is 19.1. The van der Waals surface area contributed by atoms with Crippen molar-refractivity contribution < 1.29 is 23.1 Å². The van der Waals surface area contributed by atoms with Gasteiger partial charge in [0.05, 0.1) is 6.61 Å². The molecule has 0 aliphatic carbocycles. The zero-order valence-corrected chi connectivity index (χ0v) is 15.7. The topological polar surface area (TPSA) is 55.4 Å². The Bertz CT molecular complexity index is 884. The van der Waals surface area contributed by atoms with Crippen molar-refractivity contribution in [2.75, 3.05) is 6.61 Å². The van der Waals surface area contributed by atoms with E-state index in [1.165, 1.54) is 6.08 Å². The predicted octanol–water partition coefficient (Wildman–Crippen LogP) is 3.66. The van der Waals surface area contributed by atoms with E-state index in [1.54, 1.807) is 6.08 Å². The molecule has 0 spiro atoms. The SMILES string of the molecule is C#CCCCOC(=O)[C@H](Cc1cc(F)cc(F)c1)NC(=O)/C=C/c1ccccc1. The van der Waals surface area contributed by atoms with Crippen LogP contribution >= 0.6 is 0 Å². The van der Waals surface area contributed by atoms with Crippen LogP contribution < -0.4 is 5.32 Å². The molecule has 0 aromatic heterocycles.